The van der Waals surface area contributed by atoms with E-state index in [0.29, 0.717) is 11.8 Å². The summed E-state index contributed by atoms with van der Waals surface area (Å²) >= 11 is 0. The molecule has 2 aromatic carbocycles. The molecule has 3 heteroatoms. The van der Waals surface area contributed by atoms with E-state index >= 15 is 0 Å². The van der Waals surface area contributed by atoms with Crippen LogP contribution in [0, 0.1) is 5.92 Å². The highest BCUT2D eigenvalue weighted by atomic mass is 16.1. The topological polar surface area (TPSA) is 44.9 Å². The van der Waals surface area contributed by atoms with Gasteiger partial charge in [0, 0.05) is 24.0 Å². The van der Waals surface area contributed by atoms with Crippen LogP contribution in [0.3, 0.4) is 0 Å². The van der Waals surface area contributed by atoms with Crippen molar-refractivity contribution < 1.29 is 4.79 Å². The first-order valence-corrected chi connectivity index (χ1v) is 10.3. The first-order valence-electron chi connectivity index (χ1n) is 10.3. The highest BCUT2D eigenvalue weighted by Gasteiger charge is 2.27. The fourth-order valence-electron chi connectivity index (χ4n) is 4.49. The summed E-state index contributed by atoms with van der Waals surface area (Å²) in [4.78, 5) is 16.0. The molecule has 0 saturated heterocycles. The number of rotatable bonds is 5. The summed E-state index contributed by atoms with van der Waals surface area (Å²) in [5.41, 5.74) is 4.19. The Hall–Kier alpha value is -2.81. The van der Waals surface area contributed by atoms with E-state index in [2.05, 4.69) is 47.6 Å². The van der Waals surface area contributed by atoms with Gasteiger partial charge in [-0.05, 0) is 55.6 Å². The van der Waals surface area contributed by atoms with Crippen LogP contribution < -0.4 is 5.32 Å². The Morgan fingerprint density at radius 2 is 1.57 bits per heavy atom. The van der Waals surface area contributed by atoms with Crippen molar-refractivity contribution in [1.29, 1.82) is 0 Å². The minimum Gasteiger partial charge on any atom is -0.366 e. The quantitative estimate of drug-likeness (QED) is 0.586. The SMILES string of the molecule is CC(NC(=O)c1c[nH]cc1-c1ccccc1)C1CCC(c2ccccc2)CC1. The number of nitrogens with one attached hydrogen (secondary N) is 2. The van der Waals surface area contributed by atoms with Gasteiger partial charge in [0.25, 0.3) is 5.91 Å². The average molecular weight is 373 g/mol. The van der Waals surface area contributed by atoms with Gasteiger partial charge in [0.2, 0.25) is 0 Å². The van der Waals surface area contributed by atoms with Crippen LogP contribution >= 0.6 is 0 Å². The van der Waals surface area contributed by atoms with Crippen molar-refractivity contribution in [2.45, 2.75) is 44.6 Å². The van der Waals surface area contributed by atoms with E-state index < -0.39 is 0 Å². The molecule has 1 amide bonds. The molecule has 3 aromatic rings. The van der Waals surface area contributed by atoms with E-state index in [1.54, 1.807) is 6.20 Å². The summed E-state index contributed by atoms with van der Waals surface area (Å²) in [6.07, 6.45) is 8.44. The molecular weight excluding hydrogens is 344 g/mol. The monoisotopic (exact) mass is 372 g/mol. The van der Waals surface area contributed by atoms with Gasteiger partial charge in [-0.3, -0.25) is 4.79 Å². The van der Waals surface area contributed by atoms with E-state index in [4.69, 9.17) is 0 Å². The normalized spacial score (nSPS) is 20.5. The molecule has 1 fully saturated rings. The van der Waals surface area contributed by atoms with Gasteiger partial charge >= 0.3 is 0 Å². The second-order valence-electron chi connectivity index (χ2n) is 7.93. The van der Waals surface area contributed by atoms with Crippen molar-refractivity contribution in [3.8, 4) is 11.1 Å². The van der Waals surface area contributed by atoms with Crippen molar-refractivity contribution in [2.24, 2.45) is 5.92 Å². The molecule has 1 aromatic heterocycles. The van der Waals surface area contributed by atoms with Crippen molar-refractivity contribution in [2.75, 3.05) is 0 Å². The standard InChI is InChI=1S/C25H28N2O/c1-18(19-12-14-21(15-13-19)20-8-4-2-5-9-20)27-25(28)24-17-26-16-23(24)22-10-6-3-7-11-22/h2-11,16-19,21,26H,12-15H2,1H3,(H,27,28). The summed E-state index contributed by atoms with van der Waals surface area (Å²) in [5.74, 6) is 1.22. The van der Waals surface area contributed by atoms with Crippen LogP contribution in [-0.4, -0.2) is 16.9 Å². The summed E-state index contributed by atoms with van der Waals surface area (Å²) in [7, 11) is 0. The molecule has 0 bridgehead atoms. The molecule has 1 saturated carbocycles. The predicted octanol–water partition coefficient (Wildman–Crippen LogP) is 5.77. The number of carbonyl (C=O) groups excluding carboxylic acids is 1. The summed E-state index contributed by atoms with van der Waals surface area (Å²) in [6, 6.07) is 21.1. The Kier molecular flexibility index (Phi) is 5.61. The first kappa shape index (κ1) is 18.5. The Balaban J connectivity index is 1.37. The molecule has 4 rings (SSSR count). The summed E-state index contributed by atoms with van der Waals surface area (Å²) in [5, 5.41) is 3.26. The molecule has 1 unspecified atom stereocenters. The van der Waals surface area contributed by atoms with Crippen LogP contribution in [0.15, 0.2) is 73.1 Å². The van der Waals surface area contributed by atoms with Crippen LogP contribution in [0.5, 0.6) is 0 Å². The Morgan fingerprint density at radius 3 is 2.25 bits per heavy atom. The van der Waals surface area contributed by atoms with Crippen molar-refractivity contribution in [3.05, 3.63) is 84.2 Å². The summed E-state index contributed by atoms with van der Waals surface area (Å²) < 4.78 is 0. The van der Waals surface area contributed by atoms with E-state index in [9.17, 15) is 4.79 Å². The maximum Gasteiger partial charge on any atom is 0.253 e. The number of amides is 1. The number of aromatic amines is 1. The molecule has 1 aliphatic carbocycles. The number of benzene rings is 2. The minimum atomic E-state index is 0.0118. The van der Waals surface area contributed by atoms with E-state index in [1.807, 2.05) is 36.5 Å². The van der Waals surface area contributed by atoms with Gasteiger partial charge in [-0.15, -0.1) is 0 Å². The van der Waals surface area contributed by atoms with Crippen LogP contribution in [0.2, 0.25) is 0 Å². The maximum atomic E-state index is 12.9. The lowest BCUT2D eigenvalue weighted by atomic mass is 9.76. The van der Waals surface area contributed by atoms with Gasteiger partial charge in [-0.25, -0.2) is 0 Å². The fourth-order valence-corrected chi connectivity index (χ4v) is 4.49. The number of H-pyrrole nitrogens is 1. The lowest BCUT2D eigenvalue weighted by Crippen LogP contribution is -2.39. The molecule has 2 N–H and O–H groups in total. The lowest BCUT2D eigenvalue weighted by Gasteiger charge is -2.33. The fraction of sp³-hybridized carbons (Fsp3) is 0.320. The number of hydrogen-bond donors (Lipinski definition) is 2. The Bertz CT molecular complexity index is 893. The van der Waals surface area contributed by atoms with Crippen LogP contribution in [0.25, 0.3) is 11.1 Å². The van der Waals surface area contributed by atoms with E-state index in [-0.39, 0.29) is 11.9 Å². The zero-order valence-electron chi connectivity index (χ0n) is 16.4. The number of carbonyl (C=O) groups is 1. The van der Waals surface area contributed by atoms with Gasteiger partial charge < -0.3 is 10.3 Å². The van der Waals surface area contributed by atoms with Gasteiger partial charge in [0.05, 0.1) is 5.56 Å². The molecule has 144 valence electrons. The molecule has 1 heterocycles. The smallest absolute Gasteiger partial charge is 0.253 e. The lowest BCUT2D eigenvalue weighted by molar-refractivity contribution is 0.0918. The Labute approximate surface area is 167 Å². The molecule has 0 spiro atoms. The molecule has 0 radical (unpaired) electrons. The molecule has 3 nitrogen and oxygen atoms in total. The van der Waals surface area contributed by atoms with Crippen molar-refractivity contribution in [1.82, 2.24) is 10.3 Å². The molecule has 28 heavy (non-hydrogen) atoms. The molecular formula is C25H28N2O. The van der Waals surface area contributed by atoms with Gasteiger partial charge in [-0.2, -0.15) is 0 Å². The zero-order chi connectivity index (χ0) is 19.3. The van der Waals surface area contributed by atoms with Crippen LogP contribution in [0.4, 0.5) is 0 Å². The van der Waals surface area contributed by atoms with E-state index in [0.717, 1.165) is 16.7 Å². The highest BCUT2D eigenvalue weighted by molar-refractivity contribution is 6.00. The molecule has 0 aliphatic heterocycles. The Morgan fingerprint density at radius 1 is 0.929 bits per heavy atom. The van der Waals surface area contributed by atoms with Crippen molar-refractivity contribution >= 4 is 5.91 Å². The number of hydrogen-bond acceptors (Lipinski definition) is 1. The average Bonchev–Trinajstić information content (AvgIpc) is 3.25. The van der Waals surface area contributed by atoms with Gasteiger partial charge in [0.15, 0.2) is 0 Å². The highest BCUT2D eigenvalue weighted by Crippen LogP contribution is 2.37. The second-order valence-corrected chi connectivity index (χ2v) is 7.93. The third-order valence-electron chi connectivity index (χ3n) is 6.18. The number of aromatic nitrogens is 1. The predicted molar refractivity (Wildman–Crippen MR) is 114 cm³/mol. The first-order chi connectivity index (χ1) is 13.7. The minimum absolute atomic E-state index is 0.0118. The van der Waals surface area contributed by atoms with Crippen LogP contribution in [-0.2, 0) is 0 Å². The maximum absolute atomic E-state index is 12.9. The largest absolute Gasteiger partial charge is 0.366 e. The van der Waals surface area contributed by atoms with Crippen molar-refractivity contribution in [3.63, 3.8) is 0 Å². The van der Waals surface area contributed by atoms with Crippen LogP contribution in [0.1, 0.15) is 54.4 Å². The summed E-state index contributed by atoms with van der Waals surface area (Å²) in [6.45, 7) is 2.15. The van der Waals surface area contributed by atoms with Gasteiger partial charge in [0.1, 0.15) is 0 Å². The molecule has 1 aliphatic rings. The van der Waals surface area contributed by atoms with Gasteiger partial charge in [-0.1, -0.05) is 60.7 Å². The zero-order valence-corrected chi connectivity index (χ0v) is 16.4. The molecule has 1 atom stereocenters. The third-order valence-corrected chi connectivity index (χ3v) is 6.18. The van der Waals surface area contributed by atoms with E-state index in [1.165, 1.54) is 31.2 Å². The third kappa shape index (κ3) is 4.04. The second kappa shape index (κ2) is 8.47.